The molecule has 1 saturated carbocycles. The van der Waals surface area contributed by atoms with Crippen LogP contribution in [0, 0.1) is 19.8 Å². The van der Waals surface area contributed by atoms with Gasteiger partial charge in [-0.05, 0) is 48.8 Å². The summed E-state index contributed by atoms with van der Waals surface area (Å²) in [6.07, 6.45) is 8.71. The second-order valence-electron chi connectivity index (χ2n) is 9.38. The molecule has 0 spiro atoms. The van der Waals surface area contributed by atoms with Crippen molar-refractivity contribution in [3.63, 3.8) is 0 Å². The number of nitrogens with zero attached hydrogens (tertiary/aromatic N) is 2. The number of pyridine rings is 1. The molecular weight excluding hydrogens is 368 g/mol. The van der Waals surface area contributed by atoms with E-state index in [-0.39, 0.29) is 0 Å². The van der Waals surface area contributed by atoms with Crippen LogP contribution in [0.1, 0.15) is 42.4 Å². The predicted molar refractivity (Wildman–Crippen MR) is 124 cm³/mol. The maximum atomic E-state index is 6.76. The van der Waals surface area contributed by atoms with Gasteiger partial charge in [-0.3, -0.25) is 0 Å². The Morgan fingerprint density at radius 1 is 1.10 bits per heavy atom. The number of hydrogen-bond acceptors (Lipinski definition) is 1. The van der Waals surface area contributed by atoms with Crippen molar-refractivity contribution in [3.05, 3.63) is 53.2 Å². The molecule has 5 aromatic rings. The van der Waals surface area contributed by atoms with E-state index in [1.54, 1.807) is 0 Å². The Kier molecular flexibility index (Phi) is 3.80. The molecular formula is C27H29N2O+. The highest BCUT2D eigenvalue weighted by atomic mass is 16.3. The van der Waals surface area contributed by atoms with Gasteiger partial charge in [-0.15, -0.1) is 0 Å². The maximum Gasteiger partial charge on any atom is 0.236 e. The lowest BCUT2D eigenvalue weighted by atomic mass is 9.92. The molecule has 152 valence electrons. The minimum Gasteiger partial charge on any atom is -0.454 e. The third kappa shape index (κ3) is 2.35. The number of benzene rings is 2. The van der Waals surface area contributed by atoms with Gasteiger partial charge in [-0.2, -0.15) is 4.57 Å². The summed E-state index contributed by atoms with van der Waals surface area (Å²) in [5, 5.41) is 3.87. The van der Waals surface area contributed by atoms with Gasteiger partial charge in [-0.1, -0.05) is 43.9 Å². The van der Waals surface area contributed by atoms with Gasteiger partial charge in [0.25, 0.3) is 0 Å². The van der Waals surface area contributed by atoms with E-state index in [1.807, 2.05) is 0 Å². The van der Waals surface area contributed by atoms with Gasteiger partial charge in [0.1, 0.15) is 18.1 Å². The van der Waals surface area contributed by atoms with Crippen molar-refractivity contribution in [2.45, 2.75) is 46.0 Å². The molecule has 3 nitrogen and oxygen atoms in total. The fourth-order valence-corrected chi connectivity index (χ4v) is 5.91. The Bertz CT molecular complexity index is 1460. The summed E-state index contributed by atoms with van der Waals surface area (Å²) < 4.78 is 11.4. The molecule has 0 saturated heterocycles. The first-order chi connectivity index (χ1) is 14.5. The van der Waals surface area contributed by atoms with E-state index in [1.165, 1.54) is 75.1 Å². The average molecular weight is 398 g/mol. The summed E-state index contributed by atoms with van der Waals surface area (Å²) in [5.74, 6) is 0.763. The van der Waals surface area contributed by atoms with Gasteiger partial charge in [0, 0.05) is 23.9 Å². The van der Waals surface area contributed by atoms with Crippen LogP contribution in [0.15, 0.2) is 40.9 Å². The van der Waals surface area contributed by atoms with Crippen LogP contribution < -0.4 is 4.57 Å². The van der Waals surface area contributed by atoms with Crippen molar-refractivity contribution >= 4 is 43.9 Å². The van der Waals surface area contributed by atoms with E-state index in [0.717, 1.165) is 23.5 Å². The first-order valence-electron chi connectivity index (χ1n) is 11.3. The molecule has 1 aliphatic rings. The predicted octanol–water partition coefficient (Wildman–Crippen LogP) is 6.40. The fraction of sp³-hybridized carbons (Fsp3) is 0.370. The molecule has 0 atom stereocenters. The highest BCUT2D eigenvalue weighted by molar-refractivity contribution is 6.19. The van der Waals surface area contributed by atoms with Crippen LogP contribution in [0.2, 0.25) is 0 Å². The Morgan fingerprint density at radius 3 is 2.70 bits per heavy atom. The molecule has 0 bridgehead atoms. The zero-order valence-corrected chi connectivity index (χ0v) is 18.4. The third-order valence-corrected chi connectivity index (χ3v) is 7.59. The molecule has 2 aromatic carbocycles. The number of hydrogen-bond donors (Lipinski definition) is 0. The number of aromatic nitrogens is 2. The molecule has 0 radical (unpaired) electrons. The van der Waals surface area contributed by atoms with Crippen LogP contribution in [-0.4, -0.2) is 4.57 Å². The minimum atomic E-state index is 0.763. The van der Waals surface area contributed by atoms with Crippen LogP contribution in [-0.2, 0) is 20.5 Å². The van der Waals surface area contributed by atoms with Crippen molar-refractivity contribution in [1.29, 1.82) is 0 Å². The Hall–Kier alpha value is -2.81. The fourth-order valence-electron chi connectivity index (χ4n) is 5.91. The Labute approximate surface area is 176 Å². The lowest BCUT2D eigenvalue weighted by Crippen LogP contribution is -2.27. The van der Waals surface area contributed by atoms with Gasteiger partial charge in [0.15, 0.2) is 11.8 Å². The van der Waals surface area contributed by atoms with Crippen molar-refractivity contribution in [1.82, 2.24) is 4.57 Å². The molecule has 0 unspecified atom stereocenters. The zero-order chi connectivity index (χ0) is 20.6. The number of fused-ring (bicyclic) bond motifs is 3. The van der Waals surface area contributed by atoms with Crippen molar-refractivity contribution in [2.24, 2.45) is 20.0 Å². The van der Waals surface area contributed by atoms with Crippen LogP contribution in [0.4, 0.5) is 0 Å². The maximum absolute atomic E-state index is 6.76. The smallest absolute Gasteiger partial charge is 0.236 e. The zero-order valence-electron chi connectivity index (χ0n) is 18.4. The number of rotatable bonds is 2. The largest absolute Gasteiger partial charge is 0.454 e. The summed E-state index contributed by atoms with van der Waals surface area (Å²) in [6.45, 7) is 4.50. The Morgan fingerprint density at radius 2 is 1.90 bits per heavy atom. The molecule has 0 N–H and O–H groups in total. The molecule has 3 aromatic heterocycles. The van der Waals surface area contributed by atoms with Crippen molar-refractivity contribution in [3.8, 4) is 0 Å². The van der Waals surface area contributed by atoms with E-state index < -0.39 is 0 Å². The molecule has 0 amide bonds. The van der Waals surface area contributed by atoms with E-state index in [2.05, 4.69) is 73.6 Å². The Balaban J connectivity index is 1.87. The summed E-state index contributed by atoms with van der Waals surface area (Å²) in [7, 11) is 4.37. The molecule has 0 aliphatic heterocycles. The summed E-state index contributed by atoms with van der Waals surface area (Å²) in [6, 6.07) is 11.0. The third-order valence-electron chi connectivity index (χ3n) is 7.59. The van der Waals surface area contributed by atoms with Crippen LogP contribution in [0.25, 0.3) is 43.9 Å². The molecule has 3 heterocycles. The van der Waals surface area contributed by atoms with E-state index in [0.29, 0.717) is 0 Å². The molecule has 3 heteroatoms. The average Bonchev–Trinajstić information content (AvgIpc) is 3.38. The summed E-state index contributed by atoms with van der Waals surface area (Å²) in [5.41, 5.74) is 10.0. The van der Waals surface area contributed by atoms with Gasteiger partial charge in [0.2, 0.25) is 5.52 Å². The molecule has 1 fully saturated rings. The van der Waals surface area contributed by atoms with Crippen LogP contribution in [0.5, 0.6) is 0 Å². The van der Waals surface area contributed by atoms with E-state index in [4.69, 9.17) is 4.42 Å². The highest BCUT2D eigenvalue weighted by Gasteiger charge is 2.27. The standard InChI is InChI=1S/C27H29N2O/c1-16-14-19-10-7-11-22-24(19)23(17(16)2)26-27(30-22)20(15-18-8-5-6-9-18)25-21(29(26)4)12-13-28(25)3/h7,10-14,18H,5-6,8-9,15H2,1-4H3/q+1. The quantitative estimate of drug-likeness (QED) is 0.192. The SMILES string of the molecule is Cc1cc2cccc3oc4c(CC5CCCC5)c5c(cc[n+]5C)n(C)c4c(c1C)c23. The summed E-state index contributed by atoms with van der Waals surface area (Å²) >= 11 is 0. The van der Waals surface area contributed by atoms with Gasteiger partial charge < -0.3 is 8.98 Å². The van der Waals surface area contributed by atoms with E-state index >= 15 is 0 Å². The first-order valence-corrected chi connectivity index (χ1v) is 11.3. The first kappa shape index (κ1) is 18.0. The normalized spacial score (nSPS) is 15.5. The summed E-state index contributed by atoms with van der Waals surface area (Å²) in [4.78, 5) is 0. The highest BCUT2D eigenvalue weighted by Crippen LogP contribution is 2.41. The van der Waals surface area contributed by atoms with Gasteiger partial charge in [-0.25, -0.2) is 0 Å². The molecule has 6 rings (SSSR count). The lowest BCUT2D eigenvalue weighted by molar-refractivity contribution is -0.642. The topological polar surface area (TPSA) is 21.9 Å². The molecule has 1 aliphatic carbocycles. The van der Waals surface area contributed by atoms with Crippen LogP contribution in [0.3, 0.4) is 0 Å². The molecule has 30 heavy (non-hydrogen) atoms. The van der Waals surface area contributed by atoms with Gasteiger partial charge >= 0.3 is 0 Å². The minimum absolute atomic E-state index is 0.763. The monoisotopic (exact) mass is 397 g/mol. The van der Waals surface area contributed by atoms with Crippen LogP contribution >= 0.6 is 0 Å². The van der Waals surface area contributed by atoms with Crippen molar-refractivity contribution < 1.29 is 8.98 Å². The lowest BCUT2D eigenvalue weighted by Gasteiger charge is -2.19. The van der Waals surface area contributed by atoms with E-state index in [9.17, 15) is 0 Å². The second-order valence-corrected chi connectivity index (χ2v) is 9.38. The van der Waals surface area contributed by atoms with Crippen molar-refractivity contribution in [2.75, 3.05) is 0 Å². The second kappa shape index (κ2) is 6.34. The number of aryl methyl sites for hydroxylation is 4. The van der Waals surface area contributed by atoms with Gasteiger partial charge in [0.05, 0.1) is 11.1 Å².